The van der Waals surface area contributed by atoms with Crippen LogP contribution in [-0.4, -0.2) is 32.9 Å². The Kier molecular flexibility index (Phi) is 5.67. The molecule has 2 heterocycles. The minimum atomic E-state index is -0.615. The first-order valence-corrected chi connectivity index (χ1v) is 9.18. The Morgan fingerprint density at radius 2 is 1.86 bits per heavy atom. The van der Waals surface area contributed by atoms with Gasteiger partial charge in [0.05, 0.1) is 16.9 Å². The number of fused-ring (bicyclic) bond motifs is 1. The van der Waals surface area contributed by atoms with Gasteiger partial charge in [0.2, 0.25) is 0 Å². The Morgan fingerprint density at radius 3 is 2.55 bits per heavy atom. The maximum atomic E-state index is 12.3. The van der Waals surface area contributed by atoms with Crippen LogP contribution in [0.15, 0.2) is 42.6 Å². The SMILES string of the molecule is C[C@@H](NC(=O)Nc1cc2[nH]nc(NC(=O)OC(C)(C)C)c2cn1)c1ccccc1. The van der Waals surface area contributed by atoms with Gasteiger partial charge in [-0.15, -0.1) is 0 Å². The molecule has 0 unspecified atom stereocenters. The third-order valence-corrected chi connectivity index (χ3v) is 3.96. The second-order valence-electron chi connectivity index (χ2n) is 7.55. The van der Waals surface area contributed by atoms with Crippen molar-refractivity contribution in [1.29, 1.82) is 0 Å². The molecule has 0 spiro atoms. The molecular weight excluding hydrogens is 372 g/mol. The molecule has 0 bridgehead atoms. The molecule has 4 N–H and O–H groups in total. The van der Waals surface area contributed by atoms with Crippen LogP contribution >= 0.6 is 0 Å². The number of ether oxygens (including phenoxy) is 1. The molecule has 0 aliphatic carbocycles. The summed E-state index contributed by atoms with van der Waals surface area (Å²) < 4.78 is 5.22. The highest BCUT2D eigenvalue weighted by molar-refractivity contribution is 5.98. The molecule has 1 atom stereocenters. The third-order valence-electron chi connectivity index (χ3n) is 3.96. The fourth-order valence-corrected chi connectivity index (χ4v) is 2.65. The van der Waals surface area contributed by atoms with Crippen LogP contribution in [0.4, 0.5) is 21.2 Å². The average Bonchev–Trinajstić information content (AvgIpc) is 3.02. The zero-order chi connectivity index (χ0) is 21.0. The van der Waals surface area contributed by atoms with Crippen LogP contribution in [0, 0.1) is 0 Å². The number of anilines is 2. The number of urea groups is 1. The van der Waals surface area contributed by atoms with Crippen LogP contribution in [0.5, 0.6) is 0 Å². The summed E-state index contributed by atoms with van der Waals surface area (Å²) in [5.41, 5.74) is 0.991. The van der Waals surface area contributed by atoms with Crippen molar-refractivity contribution in [2.45, 2.75) is 39.3 Å². The smallest absolute Gasteiger partial charge is 0.413 e. The van der Waals surface area contributed by atoms with E-state index < -0.39 is 11.7 Å². The molecule has 0 saturated heterocycles. The summed E-state index contributed by atoms with van der Waals surface area (Å²) in [7, 11) is 0. The predicted molar refractivity (Wildman–Crippen MR) is 111 cm³/mol. The van der Waals surface area contributed by atoms with Gasteiger partial charge >= 0.3 is 12.1 Å². The van der Waals surface area contributed by atoms with E-state index in [-0.39, 0.29) is 12.1 Å². The molecule has 3 rings (SSSR count). The predicted octanol–water partition coefficient (Wildman–Crippen LogP) is 4.19. The van der Waals surface area contributed by atoms with E-state index in [9.17, 15) is 9.59 Å². The van der Waals surface area contributed by atoms with Gasteiger partial charge in [-0.1, -0.05) is 30.3 Å². The largest absolute Gasteiger partial charge is 0.444 e. The quantitative estimate of drug-likeness (QED) is 0.527. The van der Waals surface area contributed by atoms with Crippen molar-refractivity contribution < 1.29 is 14.3 Å². The third kappa shape index (κ3) is 5.44. The number of rotatable bonds is 4. The first-order valence-electron chi connectivity index (χ1n) is 9.18. The second kappa shape index (κ2) is 8.17. The summed E-state index contributed by atoms with van der Waals surface area (Å²) in [5, 5.41) is 15.6. The summed E-state index contributed by atoms with van der Waals surface area (Å²) in [5.74, 6) is 0.651. The minimum absolute atomic E-state index is 0.156. The number of benzene rings is 1. The van der Waals surface area contributed by atoms with Crippen LogP contribution in [0.3, 0.4) is 0 Å². The lowest BCUT2D eigenvalue weighted by molar-refractivity contribution is 0.0635. The van der Waals surface area contributed by atoms with Gasteiger partial charge in [0, 0.05) is 12.3 Å². The number of H-pyrrole nitrogens is 1. The fraction of sp³-hybridized carbons (Fsp3) is 0.300. The zero-order valence-corrected chi connectivity index (χ0v) is 16.7. The Bertz CT molecular complexity index is 1010. The lowest BCUT2D eigenvalue weighted by Gasteiger charge is -2.19. The molecule has 1 aromatic carbocycles. The molecule has 3 amide bonds. The molecule has 0 aliphatic heterocycles. The standard InChI is InChI=1S/C20H24N6O3/c1-12(13-8-6-5-7-9-13)22-18(27)23-16-10-15-14(11-21-16)17(26-25-15)24-19(28)29-20(2,3)4/h5-12H,1-4H3,(H2,21,22,23,27)(H2,24,25,26,28)/t12-/m1/s1. The molecule has 0 saturated carbocycles. The van der Waals surface area contributed by atoms with Gasteiger partial charge in [0.1, 0.15) is 11.4 Å². The van der Waals surface area contributed by atoms with Crippen molar-refractivity contribution in [1.82, 2.24) is 20.5 Å². The number of pyridine rings is 1. The highest BCUT2D eigenvalue weighted by Gasteiger charge is 2.18. The maximum absolute atomic E-state index is 12.3. The van der Waals surface area contributed by atoms with Gasteiger partial charge in [0.15, 0.2) is 5.82 Å². The van der Waals surface area contributed by atoms with Crippen LogP contribution in [-0.2, 0) is 4.74 Å². The number of hydrogen-bond donors (Lipinski definition) is 4. The number of nitrogens with one attached hydrogen (secondary N) is 4. The van der Waals surface area contributed by atoms with E-state index in [2.05, 4.69) is 31.1 Å². The molecule has 9 heteroatoms. The van der Waals surface area contributed by atoms with E-state index >= 15 is 0 Å². The first-order chi connectivity index (χ1) is 13.7. The Morgan fingerprint density at radius 1 is 1.14 bits per heavy atom. The molecule has 0 fully saturated rings. The molecule has 152 valence electrons. The number of carbonyl (C=O) groups excluding carboxylic acids is 2. The normalized spacial score (nSPS) is 12.3. The van der Waals surface area contributed by atoms with E-state index in [4.69, 9.17) is 4.74 Å². The second-order valence-corrected chi connectivity index (χ2v) is 7.55. The van der Waals surface area contributed by atoms with E-state index in [1.54, 1.807) is 26.8 Å². The molecule has 0 aliphatic rings. The van der Waals surface area contributed by atoms with E-state index in [0.29, 0.717) is 22.5 Å². The van der Waals surface area contributed by atoms with Gasteiger partial charge in [-0.3, -0.25) is 15.7 Å². The van der Waals surface area contributed by atoms with Gasteiger partial charge < -0.3 is 10.1 Å². The lowest BCUT2D eigenvalue weighted by Crippen LogP contribution is -2.31. The van der Waals surface area contributed by atoms with Gasteiger partial charge in [-0.2, -0.15) is 5.10 Å². The van der Waals surface area contributed by atoms with E-state index in [0.717, 1.165) is 5.56 Å². The van der Waals surface area contributed by atoms with Crippen molar-refractivity contribution >= 4 is 34.7 Å². The molecule has 3 aromatic rings. The molecule has 29 heavy (non-hydrogen) atoms. The highest BCUT2D eigenvalue weighted by atomic mass is 16.6. The fourth-order valence-electron chi connectivity index (χ4n) is 2.65. The monoisotopic (exact) mass is 396 g/mol. The average molecular weight is 396 g/mol. The molecule has 2 aromatic heterocycles. The van der Waals surface area contributed by atoms with Gasteiger partial charge in [0.25, 0.3) is 0 Å². The van der Waals surface area contributed by atoms with E-state index in [1.807, 2.05) is 37.3 Å². The van der Waals surface area contributed by atoms with Gasteiger partial charge in [-0.25, -0.2) is 14.6 Å². The lowest BCUT2D eigenvalue weighted by atomic mass is 10.1. The van der Waals surface area contributed by atoms with Crippen LogP contribution < -0.4 is 16.0 Å². The zero-order valence-electron chi connectivity index (χ0n) is 16.7. The Balaban J connectivity index is 1.64. The summed E-state index contributed by atoms with van der Waals surface area (Å²) >= 11 is 0. The summed E-state index contributed by atoms with van der Waals surface area (Å²) in [4.78, 5) is 28.4. The maximum Gasteiger partial charge on any atom is 0.413 e. The summed E-state index contributed by atoms with van der Waals surface area (Å²) in [6, 6.07) is 10.8. The van der Waals surface area contributed by atoms with Gasteiger partial charge in [-0.05, 0) is 33.3 Å². The highest BCUT2D eigenvalue weighted by Crippen LogP contribution is 2.22. The number of aromatic nitrogens is 3. The Hall–Kier alpha value is -3.62. The summed E-state index contributed by atoms with van der Waals surface area (Å²) in [6.45, 7) is 7.23. The minimum Gasteiger partial charge on any atom is -0.444 e. The van der Waals surface area contributed by atoms with Crippen molar-refractivity contribution in [3.63, 3.8) is 0 Å². The van der Waals surface area contributed by atoms with Crippen molar-refractivity contribution in [3.05, 3.63) is 48.2 Å². The molecule has 9 nitrogen and oxygen atoms in total. The number of hydrogen-bond acceptors (Lipinski definition) is 5. The first kappa shape index (κ1) is 20.1. The van der Waals surface area contributed by atoms with Crippen molar-refractivity contribution in [3.8, 4) is 0 Å². The number of carbonyl (C=O) groups is 2. The number of aromatic amines is 1. The van der Waals surface area contributed by atoms with Crippen LogP contribution in [0.1, 0.15) is 39.3 Å². The topological polar surface area (TPSA) is 121 Å². The number of nitrogens with zero attached hydrogens (tertiary/aromatic N) is 2. The molecular formula is C20H24N6O3. The van der Waals surface area contributed by atoms with E-state index in [1.165, 1.54) is 6.20 Å². The van der Waals surface area contributed by atoms with Crippen molar-refractivity contribution in [2.24, 2.45) is 0 Å². The summed E-state index contributed by atoms with van der Waals surface area (Å²) in [6.07, 6.45) is 0.907. The molecule has 0 radical (unpaired) electrons. The Labute approximate surface area is 168 Å². The number of amides is 3. The van der Waals surface area contributed by atoms with Crippen LogP contribution in [0.2, 0.25) is 0 Å². The van der Waals surface area contributed by atoms with Crippen molar-refractivity contribution in [2.75, 3.05) is 10.6 Å². The van der Waals surface area contributed by atoms with Crippen LogP contribution in [0.25, 0.3) is 10.9 Å².